The summed E-state index contributed by atoms with van der Waals surface area (Å²) in [6.07, 6.45) is 0. The number of aromatic nitrogens is 4. The molecule has 5 aromatic rings. The van der Waals surface area contributed by atoms with E-state index in [0.717, 1.165) is 15.8 Å². The van der Waals surface area contributed by atoms with Crippen molar-refractivity contribution in [3.05, 3.63) is 88.3 Å². The van der Waals surface area contributed by atoms with E-state index >= 15 is 0 Å². The molecule has 1 amide bonds. The third-order valence-corrected chi connectivity index (χ3v) is 5.88. The van der Waals surface area contributed by atoms with E-state index in [1.165, 1.54) is 4.40 Å². The SMILES string of the molecule is CCOc1ccc(NC(=O)Cn2nc3c(Oc4cccc(C)c4C)nc4ccccc4n3c2=O)cc1. The topological polar surface area (TPSA) is 99.8 Å². The van der Waals surface area contributed by atoms with Gasteiger partial charge < -0.3 is 14.8 Å². The number of carbonyl (C=O) groups is 1. The molecule has 9 heteroatoms. The molecule has 0 fully saturated rings. The molecule has 0 unspecified atom stereocenters. The average Bonchev–Trinajstić information content (AvgIpc) is 3.19. The third-order valence-electron chi connectivity index (χ3n) is 5.88. The van der Waals surface area contributed by atoms with Crippen molar-refractivity contribution in [3.63, 3.8) is 0 Å². The Balaban J connectivity index is 1.51. The van der Waals surface area contributed by atoms with Gasteiger partial charge >= 0.3 is 5.69 Å². The first kappa shape index (κ1) is 23.1. The summed E-state index contributed by atoms with van der Waals surface area (Å²) >= 11 is 0. The number of hydrogen-bond acceptors (Lipinski definition) is 6. The second-order valence-electron chi connectivity index (χ2n) is 8.31. The van der Waals surface area contributed by atoms with Crippen LogP contribution in [0.2, 0.25) is 0 Å². The summed E-state index contributed by atoms with van der Waals surface area (Å²) in [5.41, 5.74) is 3.53. The lowest BCUT2D eigenvalue weighted by Crippen LogP contribution is -2.28. The highest BCUT2D eigenvalue weighted by atomic mass is 16.5. The van der Waals surface area contributed by atoms with Gasteiger partial charge in [0, 0.05) is 5.69 Å². The number of rotatable bonds is 7. The Morgan fingerprint density at radius 3 is 2.56 bits per heavy atom. The molecule has 2 aromatic heterocycles. The Labute approximate surface area is 206 Å². The van der Waals surface area contributed by atoms with Gasteiger partial charge in [-0.3, -0.25) is 4.79 Å². The van der Waals surface area contributed by atoms with Gasteiger partial charge in [0.25, 0.3) is 5.88 Å². The molecular formula is C27H25N5O4. The van der Waals surface area contributed by atoms with E-state index in [4.69, 9.17) is 9.47 Å². The maximum absolute atomic E-state index is 13.4. The molecule has 0 aliphatic carbocycles. The van der Waals surface area contributed by atoms with E-state index in [9.17, 15) is 9.59 Å². The Morgan fingerprint density at radius 2 is 1.78 bits per heavy atom. The van der Waals surface area contributed by atoms with Crippen molar-refractivity contribution in [2.45, 2.75) is 27.3 Å². The molecule has 1 N–H and O–H groups in total. The van der Waals surface area contributed by atoms with Crippen LogP contribution < -0.4 is 20.5 Å². The minimum Gasteiger partial charge on any atom is -0.494 e. The predicted octanol–water partition coefficient (Wildman–Crippen LogP) is 4.49. The number of benzene rings is 3. The molecule has 3 aromatic carbocycles. The van der Waals surface area contributed by atoms with Crippen LogP contribution in [0.3, 0.4) is 0 Å². The summed E-state index contributed by atoms with van der Waals surface area (Å²) in [4.78, 5) is 30.7. The van der Waals surface area contributed by atoms with Crippen molar-refractivity contribution in [3.8, 4) is 17.4 Å². The fourth-order valence-electron chi connectivity index (χ4n) is 3.92. The number of hydrogen-bond donors (Lipinski definition) is 1. The van der Waals surface area contributed by atoms with Gasteiger partial charge in [0.15, 0.2) is 0 Å². The molecule has 0 spiro atoms. The summed E-state index contributed by atoms with van der Waals surface area (Å²) < 4.78 is 14.1. The number of para-hydroxylation sites is 2. The molecule has 0 saturated carbocycles. The fraction of sp³-hybridized carbons (Fsp3) is 0.185. The van der Waals surface area contributed by atoms with E-state index in [1.54, 1.807) is 36.4 Å². The zero-order chi connectivity index (χ0) is 25.2. The van der Waals surface area contributed by atoms with Gasteiger partial charge in [0.2, 0.25) is 11.6 Å². The van der Waals surface area contributed by atoms with Gasteiger partial charge in [-0.25, -0.2) is 18.9 Å². The molecule has 5 rings (SSSR count). The van der Waals surface area contributed by atoms with Crippen LogP contribution in [-0.2, 0) is 11.3 Å². The van der Waals surface area contributed by atoms with E-state index in [1.807, 2.05) is 51.1 Å². The summed E-state index contributed by atoms with van der Waals surface area (Å²) in [6.45, 7) is 6.14. The van der Waals surface area contributed by atoms with Crippen molar-refractivity contribution < 1.29 is 14.3 Å². The highest BCUT2D eigenvalue weighted by Crippen LogP contribution is 2.29. The molecule has 9 nitrogen and oxygen atoms in total. The van der Waals surface area contributed by atoms with Crippen molar-refractivity contribution in [1.82, 2.24) is 19.2 Å². The van der Waals surface area contributed by atoms with Crippen LogP contribution in [0, 0.1) is 13.8 Å². The number of carbonyl (C=O) groups excluding carboxylic acids is 1. The predicted molar refractivity (Wildman–Crippen MR) is 137 cm³/mol. The second kappa shape index (κ2) is 9.53. The lowest BCUT2D eigenvalue weighted by Gasteiger charge is -2.11. The van der Waals surface area contributed by atoms with E-state index in [0.29, 0.717) is 34.8 Å². The number of anilines is 1. The number of aryl methyl sites for hydroxylation is 1. The first-order valence-electron chi connectivity index (χ1n) is 11.6. The van der Waals surface area contributed by atoms with Crippen molar-refractivity contribution in [2.75, 3.05) is 11.9 Å². The molecule has 2 heterocycles. The van der Waals surface area contributed by atoms with Crippen LogP contribution in [0.4, 0.5) is 5.69 Å². The van der Waals surface area contributed by atoms with Gasteiger partial charge in [0.05, 0.1) is 17.6 Å². The van der Waals surface area contributed by atoms with Crippen molar-refractivity contribution in [1.29, 1.82) is 0 Å². The Morgan fingerprint density at radius 1 is 1.00 bits per heavy atom. The minimum absolute atomic E-state index is 0.185. The maximum atomic E-state index is 13.4. The summed E-state index contributed by atoms with van der Waals surface area (Å²) in [6, 6.07) is 20.0. The first-order chi connectivity index (χ1) is 17.4. The molecule has 0 atom stereocenters. The minimum atomic E-state index is -0.462. The van der Waals surface area contributed by atoms with Gasteiger partial charge in [-0.2, -0.15) is 0 Å². The monoisotopic (exact) mass is 483 g/mol. The van der Waals surface area contributed by atoms with Gasteiger partial charge in [0.1, 0.15) is 18.0 Å². The summed E-state index contributed by atoms with van der Waals surface area (Å²) in [7, 11) is 0. The van der Waals surface area contributed by atoms with E-state index in [-0.39, 0.29) is 24.0 Å². The Bertz CT molecular complexity index is 1640. The van der Waals surface area contributed by atoms with Gasteiger partial charge in [-0.1, -0.05) is 24.3 Å². The van der Waals surface area contributed by atoms with Crippen LogP contribution in [0.25, 0.3) is 16.7 Å². The lowest BCUT2D eigenvalue weighted by atomic mass is 10.1. The normalized spacial score (nSPS) is 11.1. The van der Waals surface area contributed by atoms with Gasteiger partial charge in [-0.15, -0.1) is 5.10 Å². The quantitative estimate of drug-likeness (QED) is 0.366. The van der Waals surface area contributed by atoms with Crippen LogP contribution in [-0.4, -0.2) is 31.7 Å². The smallest absolute Gasteiger partial charge is 0.351 e. The molecule has 0 aliphatic rings. The fourth-order valence-corrected chi connectivity index (χ4v) is 3.92. The van der Waals surface area contributed by atoms with Gasteiger partial charge in [-0.05, 0) is 74.4 Å². The standard InChI is InChI=1S/C27H25N5O4/c1-4-35-20-14-12-19(13-15-20)28-24(33)16-31-27(34)32-22-10-6-5-9-21(22)29-26(25(32)30-31)36-23-11-7-8-17(2)18(23)3/h5-15H,4,16H2,1-3H3,(H,28,33). The van der Waals surface area contributed by atoms with Crippen molar-refractivity contribution >= 4 is 28.3 Å². The highest BCUT2D eigenvalue weighted by Gasteiger charge is 2.19. The molecule has 0 aliphatic heterocycles. The lowest BCUT2D eigenvalue weighted by molar-refractivity contribution is -0.117. The van der Waals surface area contributed by atoms with Crippen molar-refractivity contribution in [2.24, 2.45) is 0 Å². The molecule has 36 heavy (non-hydrogen) atoms. The largest absolute Gasteiger partial charge is 0.494 e. The number of amides is 1. The van der Waals surface area contributed by atoms with Crippen LogP contribution in [0.1, 0.15) is 18.1 Å². The van der Waals surface area contributed by atoms with Crippen LogP contribution >= 0.6 is 0 Å². The number of fused-ring (bicyclic) bond motifs is 3. The van der Waals surface area contributed by atoms with E-state index in [2.05, 4.69) is 15.4 Å². The van der Waals surface area contributed by atoms with E-state index < -0.39 is 5.69 Å². The van der Waals surface area contributed by atoms with Crippen LogP contribution in [0.15, 0.2) is 71.5 Å². The molecule has 0 saturated heterocycles. The highest BCUT2D eigenvalue weighted by molar-refractivity contribution is 5.90. The second-order valence-corrected chi connectivity index (χ2v) is 8.31. The summed E-state index contributed by atoms with van der Waals surface area (Å²) in [5, 5.41) is 7.22. The number of nitrogens with zero attached hydrogens (tertiary/aromatic N) is 4. The first-order valence-corrected chi connectivity index (χ1v) is 11.6. The molecule has 0 bridgehead atoms. The molecular weight excluding hydrogens is 458 g/mol. The van der Waals surface area contributed by atoms with Crippen LogP contribution in [0.5, 0.6) is 17.4 Å². The zero-order valence-electron chi connectivity index (χ0n) is 20.2. The average molecular weight is 484 g/mol. The summed E-state index contributed by atoms with van der Waals surface area (Å²) in [5.74, 6) is 1.13. The molecule has 0 radical (unpaired) electrons. The number of nitrogens with one attached hydrogen (secondary N) is 1. The Hall–Kier alpha value is -4.66. The zero-order valence-corrected chi connectivity index (χ0v) is 20.2. The number of ether oxygens (including phenoxy) is 2. The third kappa shape index (κ3) is 4.38. The molecule has 182 valence electrons. The Kier molecular flexibility index (Phi) is 6.12. The maximum Gasteiger partial charge on any atom is 0.351 e.